The summed E-state index contributed by atoms with van der Waals surface area (Å²) in [5, 5.41) is 3.98. The molecule has 0 N–H and O–H groups in total. The summed E-state index contributed by atoms with van der Waals surface area (Å²) < 4.78 is 4.69. The Morgan fingerprint density at radius 2 is 1.68 bits per heavy atom. The molecule has 0 saturated heterocycles. The third kappa shape index (κ3) is 2.40. The van der Waals surface area contributed by atoms with Gasteiger partial charge >= 0.3 is 0 Å². The highest BCUT2D eigenvalue weighted by Crippen LogP contribution is 2.43. The fourth-order valence-electron chi connectivity index (χ4n) is 5.67. The van der Waals surface area contributed by atoms with E-state index < -0.39 is 0 Å². The molecule has 1 aliphatic rings. The summed E-state index contributed by atoms with van der Waals surface area (Å²) in [5.41, 5.74) is 11.7. The second-order valence-electron chi connectivity index (χ2n) is 8.96. The lowest BCUT2D eigenvalue weighted by Gasteiger charge is -2.17. The third-order valence-electron chi connectivity index (χ3n) is 7.00. The number of rotatable bonds is 1. The first kappa shape index (κ1) is 18.3. The summed E-state index contributed by atoms with van der Waals surface area (Å²) in [6.45, 7) is 8.80. The number of hydrogen-bond acceptors (Lipinski definition) is 1. The number of benzene rings is 3. The van der Waals surface area contributed by atoms with E-state index in [9.17, 15) is 0 Å². The van der Waals surface area contributed by atoms with Crippen LogP contribution in [0.5, 0.6) is 0 Å². The maximum absolute atomic E-state index is 4.83. The van der Waals surface area contributed by atoms with Gasteiger partial charge in [0, 0.05) is 30.1 Å². The molecule has 31 heavy (non-hydrogen) atoms. The number of pyridine rings is 1. The van der Waals surface area contributed by atoms with Crippen LogP contribution in [0.1, 0.15) is 33.8 Å². The molecule has 0 radical (unpaired) electrons. The van der Waals surface area contributed by atoms with Crippen LogP contribution in [0.25, 0.3) is 38.6 Å². The number of nitrogens with zero attached hydrogens (tertiary/aromatic N) is 3. The molecule has 152 valence electrons. The summed E-state index contributed by atoms with van der Waals surface area (Å²) >= 11 is 0. The van der Waals surface area contributed by atoms with Crippen molar-refractivity contribution in [3.8, 4) is 16.9 Å². The van der Waals surface area contributed by atoms with E-state index in [1.54, 1.807) is 0 Å². The van der Waals surface area contributed by atoms with Gasteiger partial charge in [-0.2, -0.15) is 4.57 Å². The van der Waals surface area contributed by atoms with Crippen molar-refractivity contribution in [3.63, 3.8) is 0 Å². The van der Waals surface area contributed by atoms with Crippen LogP contribution in [-0.4, -0.2) is 9.55 Å². The fraction of sp³-hybridized carbons (Fsp3) is 0.214. The first-order valence-corrected chi connectivity index (χ1v) is 10.9. The number of hydrogen-bond donors (Lipinski definition) is 0. The summed E-state index contributed by atoms with van der Waals surface area (Å²) in [6, 6.07) is 17.8. The van der Waals surface area contributed by atoms with Crippen molar-refractivity contribution in [2.45, 2.75) is 34.1 Å². The second-order valence-corrected chi connectivity index (χ2v) is 8.96. The first-order chi connectivity index (χ1) is 15.0. The fourth-order valence-corrected chi connectivity index (χ4v) is 5.67. The van der Waals surface area contributed by atoms with E-state index in [1.807, 2.05) is 0 Å². The molecule has 3 heterocycles. The van der Waals surface area contributed by atoms with Gasteiger partial charge in [-0.1, -0.05) is 36.4 Å². The van der Waals surface area contributed by atoms with Crippen LogP contribution in [0.2, 0.25) is 0 Å². The highest BCUT2D eigenvalue weighted by Gasteiger charge is 2.31. The van der Waals surface area contributed by atoms with Crippen molar-refractivity contribution in [1.29, 1.82) is 0 Å². The van der Waals surface area contributed by atoms with Crippen LogP contribution in [0.4, 0.5) is 0 Å². The Labute approximate surface area is 182 Å². The minimum absolute atomic E-state index is 0.870. The van der Waals surface area contributed by atoms with E-state index in [4.69, 9.17) is 4.98 Å². The van der Waals surface area contributed by atoms with Crippen molar-refractivity contribution >= 4 is 21.7 Å². The van der Waals surface area contributed by atoms with Gasteiger partial charge in [0.15, 0.2) is 0 Å². The predicted molar refractivity (Wildman–Crippen MR) is 127 cm³/mol. The lowest BCUT2D eigenvalue weighted by Crippen LogP contribution is -2.33. The van der Waals surface area contributed by atoms with E-state index in [0.717, 1.165) is 17.9 Å². The smallest absolute Gasteiger partial charge is 0.213 e. The highest BCUT2D eigenvalue weighted by atomic mass is 15.1. The maximum atomic E-state index is 4.83. The van der Waals surface area contributed by atoms with Crippen molar-refractivity contribution in [2.24, 2.45) is 7.05 Å². The number of imidazole rings is 1. The molecule has 3 nitrogen and oxygen atoms in total. The Morgan fingerprint density at radius 1 is 0.903 bits per heavy atom. The predicted octanol–water partition coefficient (Wildman–Crippen LogP) is 5.81. The van der Waals surface area contributed by atoms with Gasteiger partial charge in [-0.05, 0) is 55.3 Å². The van der Waals surface area contributed by atoms with E-state index >= 15 is 0 Å². The molecule has 0 unspecified atom stereocenters. The zero-order chi connectivity index (χ0) is 21.4. The molecule has 0 atom stereocenters. The normalized spacial score (nSPS) is 12.5. The van der Waals surface area contributed by atoms with Crippen LogP contribution in [-0.2, 0) is 13.5 Å². The maximum Gasteiger partial charge on any atom is 0.213 e. The Hall–Kier alpha value is -3.46. The van der Waals surface area contributed by atoms with Crippen LogP contribution in [0, 0.1) is 27.7 Å². The summed E-state index contributed by atoms with van der Waals surface area (Å²) in [7, 11) is 2.20. The van der Waals surface area contributed by atoms with Crippen LogP contribution in [0.15, 0.2) is 54.7 Å². The van der Waals surface area contributed by atoms with E-state index in [-0.39, 0.29) is 0 Å². The van der Waals surface area contributed by atoms with Crippen LogP contribution >= 0.6 is 0 Å². The second kappa shape index (κ2) is 6.27. The number of aryl methyl sites for hydroxylation is 5. The molecule has 0 aliphatic carbocycles. The molecular weight excluding hydrogens is 378 g/mol. The average Bonchev–Trinajstić information content (AvgIpc) is 3.27. The van der Waals surface area contributed by atoms with Gasteiger partial charge in [-0.25, -0.2) is 4.98 Å². The van der Waals surface area contributed by atoms with Crippen LogP contribution < -0.4 is 4.57 Å². The standard InChI is InChI=1S/C28H26N3/c1-16-9-8-12-23-26(16)17(2)13-24(30(23)5)27-19(4)20-10-6-7-11-21(20)28-22(27)14-25-29-18(3)15-31(25)28/h6-13,15H,14H2,1-5H3/q+1. The summed E-state index contributed by atoms with van der Waals surface area (Å²) in [5.74, 6) is 1.14. The van der Waals surface area contributed by atoms with Crippen molar-refractivity contribution < 1.29 is 4.57 Å². The number of aromatic nitrogens is 3. The quantitative estimate of drug-likeness (QED) is 0.317. The molecule has 1 aliphatic heterocycles. The third-order valence-corrected chi connectivity index (χ3v) is 7.00. The highest BCUT2D eigenvalue weighted by molar-refractivity contribution is 6.00. The monoisotopic (exact) mass is 404 g/mol. The SMILES string of the molecule is Cc1cn2c(n1)Cc1c(-c3cc(C)c4c(C)cccc4[n+]3C)c(C)c3ccccc3c1-2. The zero-order valence-corrected chi connectivity index (χ0v) is 18.7. The Bertz CT molecular complexity index is 1550. The van der Waals surface area contributed by atoms with Gasteiger partial charge in [0.2, 0.25) is 11.2 Å². The average molecular weight is 405 g/mol. The Morgan fingerprint density at radius 3 is 2.48 bits per heavy atom. The minimum atomic E-state index is 0.870. The lowest BCUT2D eigenvalue weighted by atomic mass is 9.89. The summed E-state index contributed by atoms with van der Waals surface area (Å²) in [6.07, 6.45) is 3.05. The molecule has 0 spiro atoms. The zero-order valence-electron chi connectivity index (χ0n) is 18.7. The molecule has 3 aromatic carbocycles. The Kier molecular flexibility index (Phi) is 3.71. The van der Waals surface area contributed by atoms with Gasteiger partial charge in [-0.15, -0.1) is 0 Å². The van der Waals surface area contributed by atoms with Gasteiger partial charge in [0.1, 0.15) is 12.9 Å². The molecule has 5 aromatic rings. The van der Waals surface area contributed by atoms with Gasteiger partial charge in [0.25, 0.3) is 0 Å². The largest absolute Gasteiger partial charge is 0.302 e. The topological polar surface area (TPSA) is 21.7 Å². The van der Waals surface area contributed by atoms with Gasteiger partial charge < -0.3 is 4.57 Å². The molecule has 6 rings (SSSR count). The van der Waals surface area contributed by atoms with Crippen molar-refractivity contribution in [2.75, 3.05) is 0 Å². The van der Waals surface area contributed by atoms with Gasteiger partial charge in [-0.3, -0.25) is 0 Å². The number of fused-ring (bicyclic) bond motifs is 6. The molecule has 2 aromatic heterocycles. The van der Waals surface area contributed by atoms with Gasteiger partial charge in [0.05, 0.1) is 22.3 Å². The molecule has 3 heteroatoms. The first-order valence-electron chi connectivity index (χ1n) is 10.9. The Balaban J connectivity index is 1.78. The molecule has 0 fully saturated rings. The van der Waals surface area contributed by atoms with Crippen LogP contribution in [0.3, 0.4) is 0 Å². The van der Waals surface area contributed by atoms with E-state index in [0.29, 0.717) is 0 Å². The molecule has 0 saturated carbocycles. The lowest BCUT2D eigenvalue weighted by molar-refractivity contribution is -0.633. The minimum Gasteiger partial charge on any atom is -0.302 e. The summed E-state index contributed by atoms with van der Waals surface area (Å²) in [4.78, 5) is 4.83. The van der Waals surface area contributed by atoms with Crippen molar-refractivity contribution in [1.82, 2.24) is 9.55 Å². The molecule has 0 amide bonds. The molecular formula is C28H26N3+. The molecule has 0 bridgehead atoms. The van der Waals surface area contributed by atoms with E-state index in [1.165, 1.54) is 60.9 Å². The van der Waals surface area contributed by atoms with E-state index in [2.05, 4.69) is 98.6 Å². The van der Waals surface area contributed by atoms with Crippen molar-refractivity contribution in [3.05, 3.63) is 88.5 Å².